The van der Waals surface area contributed by atoms with E-state index in [1.807, 2.05) is 0 Å². The lowest BCUT2D eigenvalue weighted by atomic mass is 10.2. The van der Waals surface area contributed by atoms with Crippen LogP contribution in [0.5, 0.6) is 5.75 Å². The van der Waals surface area contributed by atoms with E-state index in [-0.39, 0.29) is 6.10 Å². The molecule has 1 unspecified atom stereocenters. The minimum atomic E-state index is 0.133. The first-order chi connectivity index (χ1) is 9.20. The zero-order valence-electron chi connectivity index (χ0n) is 12.0. The van der Waals surface area contributed by atoms with E-state index >= 15 is 0 Å². The number of hydrogen-bond acceptors (Lipinski definition) is 5. The number of rotatable bonds is 6. The molecule has 1 atom stereocenters. The maximum absolute atomic E-state index is 5.95. The van der Waals surface area contributed by atoms with Crippen LogP contribution in [-0.2, 0) is 11.3 Å². The van der Waals surface area contributed by atoms with Gasteiger partial charge in [0.05, 0.1) is 25.1 Å². The molecule has 106 valence electrons. The van der Waals surface area contributed by atoms with Gasteiger partial charge in [0.25, 0.3) is 0 Å². The van der Waals surface area contributed by atoms with Gasteiger partial charge in [-0.15, -0.1) is 0 Å². The third-order valence-corrected chi connectivity index (χ3v) is 3.09. The van der Waals surface area contributed by atoms with Gasteiger partial charge in [-0.2, -0.15) is 0 Å². The summed E-state index contributed by atoms with van der Waals surface area (Å²) in [6.45, 7) is 9.32. The topological polar surface area (TPSA) is 56.3 Å². The highest BCUT2D eigenvalue weighted by molar-refractivity contribution is 5.25. The highest BCUT2D eigenvalue weighted by Gasteiger charge is 2.20. The molecule has 0 aliphatic carbocycles. The zero-order valence-corrected chi connectivity index (χ0v) is 12.0. The average molecular weight is 265 g/mol. The fraction of sp³-hybridized carbons (Fsp3) is 0.714. The molecule has 1 aromatic heterocycles. The molecule has 0 bridgehead atoms. The average Bonchev–Trinajstić information content (AvgIpc) is 2.90. The summed E-state index contributed by atoms with van der Waals surface area (Å²) in [5.74, 6) is 1.97. The second kappa shape index (κ2) is 6.82. The standard InChI is InChI=1S/C14H23N3O2/c1-4-15-7-12-13(19-11-5-6-18-9-11)8-16-14(17-12)10(2)3/h8,10-11,15H,4-7,9H2,1-3H3. The van der Waals surface area contributed by atoms with Crippen LogP contribution in [0.4, 0.5) is 0 Å². The van der Waals surface area contributed by atoms with Crippen molar-refractivity contribution < 1.29 is 9.47 Å². The number of ether oxygens (including phenoxy) is 2. The van der Waals surface area contributed by atoms with E-state index in [0.717, 1.165) is 36.8 Å². The van der Waals surface area contributed by atoms with Crippen molar-refractivity contribution in [3.63, 3.8) is 0 Å². The summed E-state index contributed by atoms with van der Waals surface area (Å²) in [5, 5.41) is 3.29. The molecular formula is C14H23N3O2. The second-order valence-corrected chi connectivity index (χ2v) is 5.08. The number of hydrogen-bond donors (Lipinski definition) is 1. The van der Waals surface area contributed by atoms with Gasteiger partial charge in [-0.1, -0.05) is 20.8 Å². The van der Waals surface area contributed by atoms with Gasteiger partial charge in [0, 0.05) is 18.9 Å². The summed E-state index contributed by atoms with van der Waals surface area (Å²) in [7, 11) is 0. The van der Waals surface area contributed by atoms with E-state index in [2.05, 4.69) is 36.1 Å². The van der Waals surface area contributed by atoms with Gasteiger partial charge in [-0.05, 0) is 6.54 Å². The van der Waals surface area contributed by atoms with Crippen molar-refractivity contribution in [1.29, 1.82) is 0 Å². The molecule has 1 aliphatic rings. The Bertz CT molecular complexity index is 404. The molecule has 0 saturated carbocycles. The SMILES string of the molecule is CCNCc1nc(C(C)C)ncc1OC1CCOC1. The number of aromatic nitrogens is 2. The van der Waals surface area contributed by atoms with Crippen molar-refractivity contribution in [3.8, 4) is 5.75 Å². The predicted octanol–water partition coefficient (Wildman–Crippen LogP) is 1.88. The summed E-state index contributed by atoms with van der Waals surface area (Å²) in [4.78, 5) is 9.00. The first kappa shape index (κ1) is 14.2. The van der Waals surface area contributed by atoms with Crippen LogP contribution in [0.1, 0.15) is 44.6 Å². The largest absolute Gasteiger partial charge is 0.484 e. The first-order valence-electron chi connectivity index (χ1n) is 7.01. The fourth-order valence-electron chi connectivity index (χ4n) is 1.95. The van der Waals surface area contributed by atoms with Crippen LogP contribution < -0.4 is 10.1 Å². The van der Waals surface area contributed by atoms with Crippen molar-refractivity contribution in [1.82, 2.24) is 15.3 Å². The van der Waals surface area contributed by atoms with E-state index in [1.165, 1.54) is 0 Å². The fourth-order valence-corrected chi connectivity index (χ4v) is 1.95. The Morgan fingerprint density at radius 1 is 1.53 bits per heavy atom. The van der Waals surface area contributed by atoms with Crippen molar-refractivity contribution >= 4 is 0 Å². The summed E-state index contributed by atoms with van der Waals surface area (Å²) in [5.41, 5.74) is 0.937. The molecule has 1 aromatic rings. The van der Waals surface area contributed by atoms with Gasteiger partial charge in [0.15, 0.2) is 5.75 Å². The molecule has 0 radical (unpaired) electrons. The molecule has 1 N–H and O–H groups in total. The summed E-state index contributed by atoms with van der Waals surface area (Å²) >= 11 is 0. The van der Waals surface area contributed by atoms with E-state index in [4.69, 9.17) is 9.47 Å². The summed E-state index contributed by atoms with van der Waals surface area (Å²) in [6, 6.07) is 0. The Kier molecular flexibility index (Phi) is 5.10. The molecule has 5 nitrogen and oxygen atoms in total. The Morgan fingerprint density at radius 3 is 3.00 bits per heavy atom. The smallest absolute Gasteiger partial charge is 0.160 e. The minimum Gasteiger partial charge on any atom is -0.484 e. The maximum Gasteiger partial charge on any atom is 0.160 e. The predicted molar refractivity (Wildman–Crippen MR) is 73.4 cm³/mol. The highest BCUT2D eigenvalue weighted by Crippen LogP contribution is 2.21. The van der Waals surface area contributed by atoms with E-state index < -0.39 is 0 Å². The van der Waals surface area contributed by atoms with Gasteiger partial charge in [0.1, 0.15) is 11.9 Å². The van der Waals surface area contributed by atoms with Gasteiger partial charge in [-0.25, -0.2) is 9.97 Å². The number of nitrogens with one attached hydrogen (secondary N) is 1. The Balaban J connectivity index is 2.14. The summed E-state index contributed by atoms with van der Waals surface area (Å²) in [6.07, 6.45) is 2.87. The van der Waals surface area contributed by atoms with Crippen LogP contribution in [0.3, 0.4) is 0 Å². The van der Waals surface area contributed by atoms with Gasteiger partial charge < -0.3 is 14.8 Å². The van der Waals surface area contributed by atoms with Gasteiger partial charge >= 0.3 is 0 Å². The van der Waals surface area contributed by atoms with Crippen LogP contribution in [0.15, 0.2) is 6.20 Å². The van der Waals surface area contributed by atoms with Crippen molar-refractivity contribution in [2.45, 2.75) is 45.8 Å². The molecule has 0 spiro atoms. The molecule has 1 saturated heterocycles. The third-order valence-electron chi connectivity index (χ3n) is 3.09. The van der Waals surface area contributed by atoms with Crippen LogP contribution in [-0.4, -0.2) is 35.8 Å². The van der Waals surface area contributed by atoms with Crippen LogP contribution >= 0.6 is 0 Å². The molecule has 1 aliphatic heterocycles. The van der Waals surface area contributed by atoms with Gasteiger partial charge in [-0.3, -0.25) is 0 Å². The second-order valence-electron chi connectivity index (χ2n) is 5.08. The lowest BCUT2D eigenvalue weighted by molar-refractivity contribution is 0.139. The minimum absolute atomic E-state index is 0.133. The van der Waals surface area contributed by atoms with E-state index in [9.17, 15) is 0 Å². The lowest BCUT2D eigenvalue weighted by Crippen LogP contribution is -2.20. The third kappa shape index (κ3) is 3.88. The molecular weight excluding hydrogens is 242 g/mol. The Hall–Kier alpha value is -1.20. The normalized spacial score (nSPS) is 19.1. The van der Waals surface area contributed by atoms with Crippen molar-refractivity contribution in [3.05, 3.63) is 17.7 Å². The molecule has 1 fully saturated rings. The molecule has 19 heavy (non-hydrogen) atoms. The molecule has 0 aromatic carbocycles. The van der Waals surface area contributed by atoms with E-state index in [0.29, 0.717) is 19.1 Å². The van der Waals surface area contributed by atoms with Crippen LogP contribution in [0.25, 0.3) is 0 Å². The van der Waals surface area contributed by atoms with Crippen molar-refractivity contribution in [2.24, 2.45) is 0 Å². The molecule has 0 amide bonds. The van der Waals surface area contributed by atoms with E-state index in [1.54, 1.807) is 6.20 Å². The molecule has 2 rings (SSSR count). The Morgan fingerprint density at radius 2 is 2.37 bits per heavy atom. The highest BCUT2D eigenvalue weighted by atomic mass is 16.5. The lowest BCUT2D eigenvalue weighted by Gasteiger charge is -2.16. The van der Waals surface area contributed by atoms with Crippen LogP contribution in [0, 0.1) is 0 Å². The number of nitrogens with zero attached hydrogens (tertiary/aromatic N) is 2. The Labute approximate surface area is 114 Å². The van der Waals surface area contributed by atoms with Gasteiger partial charge in [0.2, 0.25) is 0 Å². The zero-order chi connectivity index (χ0) is 13.7. The molecule has 5 heteroatoms. The maximum atomic E-state index is 5.95. The van der Waals surface area contributed by atoms with Crippen LogP contribution in [0.2, 0.25) is 0 Å². The monoisotopic (exact) mass is 265 g/mol. The van der Waals surface area contributed by atoms with Crippen molar-refractivity contribution in [2.75, 3.05) is 19.8 Å². The summed E-state index contributed by atoms with van der Waals surface area (Å²) < 4.78 is 11.3. The molecule has 2 heterocycles. The quantitative estimate of drug-likeness (QED) is 0.851. The first-order valence-corrected chi connectivity index (χ1v) is 7.01.